The van der Waals surface area contributed by atoms with Gasteiger partial charge in [-0.05, 0) is 112 Å². The maximum absolute atomic E-state index is 11.9. The molecule has 3 fully saturated rings. The number of carbonyl (C=O) groups excluding carboxylic acids is 3. The Kier molecular flexibility index (Phi) is 8.65. The molecule has 6 nitrogen and oxygen atoms in total. The predicted octanol–water partition coefficient (Wildman–Crippen LogP) is 7.19. The molecule has 0 saturated heterocycles. The molecule has 0 N–H and O–H groups in total. The van der Waals surface area contributed by atoms with Crippen molar-refractivity contribution in [3.8, 4) is 0 Å². The van der Waals surface area contributed by atoms with E-state index in [-0.39, 0.29) is 29.4 Å². The van der Waals surface area contributed by atoms with Crippen molar-refractivity contribution in [3.63, 3.8) is 0 Å². The Morgan fingerprint density at radius 2 is 1.67 bits per heavy atom. The molecule has 3 saturated carbocycles. The Hall–Kier alpha value is -1.85. The molecule has 0 unspecified atom stereocenters. The van der Waals surface area contributed by atoms with Gasteiger partial charge in [-0.3, -0.25) is 14.4 Å². The SMILES string of the molecule is CC(=O)O[C@H]1CC[C@@]2(C)C(=CC[C@H]3[C@@H]4CC[C@H]([C@H](C)CC[C@@H](OC(C)=O)C(C)(C)OC(C)=O)[C@@]4(C)CC[C@@H]32)C1. The molecule has 0 aromatic heterocycles. The quantitative estimate of drug-likeness (QED) is 0.183. The van der Waals surface area contributed by atoms with Gasteiger partial charge in [0.25, 0.3) is 0 Å². The molecule has 0 heterocycles. The fourth-order valence-electron chi connectivity index (χ4n) is 9.74. The molecule has 9 atom stereocenters. The topological polar surface area (TPSA) is 78.9 Å². The van der Waals surface area contributed by atoms with Gasteiger partial charge in [0.05, 0.1) is 0 Å². The number of allylic oxidation sites excluding steroid dienone is 1. The fraction of sp³-hybridized carbons (Fsp3) is 0.848. The van der Waals surface area contributed by atoms with Gasteiger partial charge in [-0.2, -0.15) is 0 Å². The number of ether oxygens (including phenoxy) is 3. The molecule has 0 amide bonds. The summed E-state index contributed by atoms with van der Waals surface area (Å²) < 4.78 is 16.8. The average Bonchev–Trinajstić information content (AvgIpc) is 3.17. The third-order valence-corrected chi connectivity index (χ3v) is 11.5. The van der Waals surface area contributed by atoms with Gasteiger partial charge in [0.2, 0.25) is 0 Å². The Morgan fingerprint density at radius 1 is 0.949 bits per heavy atom. The van der Waals surface area contributed by atoms with Crippen LogP contribution >= 0.6 is 0 Å². The summed E-state index contributed by atoms with van der Waals surface area (Å²) in [5.41, 5.74) is 1.26. The normalized spacial score (nSPS) is 37.3. The minimum Gasteiger partial charge on any atom is -0.462 e. The minimum absolute atomic E-state index is 0.0468. The van der Waals surface area contributed by atoms with E-state index in [1.807, 2.05) is 13.8 Å². The van der Waals surface area contributed by atoms with E-state index in [4.69, 9.17) is 14.2 Å². The predicted molar refractivity (Wildman–Crippen MR) is 151 cm³/mol. The lowest BCUT2D eigenvalue weighted by Gasteiger charge is -2.58. The largest absolute Gasteiger partial charge is 0.462 e. The van der Waals surface area contributed by atoms with Crippen molar-refractivity contribution in [2.45, 2.75) is 137 Å². The van der Waals surface area contributed by atoms with Crippen LogP contribution in [0.15, 0.2) is 11.6 Å². The standard InChI is InChI=1S/C33H52O6/c1-20(9-14-30(38-22(3)35)31(5,6)39-23(4)36)27-12-13-28-26-11-10-24-19-25(37-21(2)34)15-17-32(24,7)29(26)16-18-33(27,28)8/h10,20,25-30H,9,11-19H2,1-8H3/t20-,25+,26+,27-,28+,29+,30-,32+,33-/m1/s1. The minimum atomic E-state index is -0.854. The Morgan fingerprint density at radius 3 is 2.31 bits per heavy atom. The van der Waals surface area contributed by atoms with Crippen LogP contribution < -0.4 is 0 Å². The Balaban J connectivity index is 1.44. The highest BCUT2D eigenvalue weighted by molar-refractivity contribution is 5.67. The van der Waals surface area contributed by atoms with Crippen LogP contribution in [0.2, 0.25) is 0 Å². The lowest BCUT2D eigenvalue weighted by Crippen LogP contribution is -2.51. The molecule has 0 aliphatic heterocycles. The van der Waals surface area contributed by atoms with Gasteiger partial charge in [-0.1, -0.05) is 32.4 Å². The molecule has 0 bridgehead atoms. The van der Waals surface area contributed by atoms with Gasteiger partial charge in [-0.25, -0.2) is 0 Å². The maximum atomic E-state index is 11.9. The van der Waals surface area contributed by atoms with E-state index in [2.05, 4.69) is 26.8 Å². The summed E-state index contributed by atoms with van der Waals surface area (Å²) in [6.07, 6.45) is 13.1. The van der Waals surface area contributed by atoms with Gasteiger partial charge in [0.15, 0.2) is 0 Å². The van der Waals surface area contributed by atoms with Crippen molar-refractivity contribution in [2.24, 2.45) is 40.4 Å². The van der Waals surface area contributed by atoms with E-state index in [0.29, 0.717) is 23.7 Å². The van der Waals surface area contributed by atoms with Crippen LogP contribution in [0.1, 0.15) is 120 Å². The van der Waals surface area contributed by atoms with Crippen molar-refractivity contribution >= 4 is 17.9 Å². The molecule has 4 aliphatic rings. The average molecular weight is 545 g/mol. The number of carbonyl (C=O) groups is 3. The summed E-state index contributed by atoms with van der Waals surface area (Å²) in [6, 6.07) is 0. The summed E-state index contributed by atoms with van der Waals surface area (Å²) in [6.45, 7) is 15.5. The molecule has 0 spiro atoms. The van der Waals surface area contributed by atoms with Gasteiger partial charge < -0.3 is 14.2 Å². The van der Waals surface area contributed by atoms with Gasteiger partial charge in [0.1, 0.15) is 17.8 Å². The van der Waals surface area contributed by atoms with E-state index < -0.39 is 11.7 Å². The third kappa shape index (κ3) is 5.95. The molecule has 0 aromatic rings. The summed E-state index contributed by atoms with van der Waals surface area (Å²) in [5.74, 6) is 2.50. The van der Waals surface area contributed by atoms with E-state index in [1.165, 1.54) is 46.5 Å². The Labute approximate surface area is 236 Å². The summed E-state index contributed by atoms with van der Waals surface area (Å²) >= 11 is 0. The lowest BCUT2D eigenvalue weighted by atomic mass is 9.47. The zero-order chi connectivity index (χ0) is 28.8. The highest BCUT2D eigenvalue weighted by Crippen LogP contribution is 2.67. The molecule has 0 radical (unpaired) electrons. The van der Waals surface area contributed by atoms with Gasteiger partial charge >= 0.3 is 17.9 Å². The van der Waals surface area contributed by atoms with Crippen LogP contribution in [-0.4, -0.2) is 35.7 Å². The first-order valence-corrected chi connectivity index (χ1v) is 15.4. The second-order valence-electron chi connectivity index (χ2n) is 14.3. The van der Waals surface area contributed by atoms with E-state index in [9.17, 15) is 14.4 Å². The number of esters is 3. The van der Waals surface area contributed by atoms with Crippen LogP contribution in [0.25, 0.3) is 0 Å². The monoisotopic (exact) mass is 544 g/mol. The second-order valence-corrected chi connectivity index (χ2v) is 14.3. The Bertz CT molecular complexity index is 983. The molecule has 220 valence electrons. The summed E-state index contributed by atoms with van der Waals surface area (Å²) in [5, 5.41) is 0. The first-order valence-electron chi connectivity index (χ1n) is 15.4. The fourth-order valence-corrected chi connectivity index (χ4v) is 9.74. The molecule has 39 heavy (non-hydrogen) atoms. The lowest BCUT2D eigenvalue weighted by molar-refractivity contribution is -0.179. The van der Waals surface area contributed by atoms with E-state index in [1.54, 1.807) is 5.57 Å². The van der Waals surface area contributed by atoms with Crippen LogP contribution in [0.4, 0.5) is 0 Å². The van der Waals surface area contributed by atoms with Crippen molar-refractivity contribution in [2.75, 3.05) is 0 Å². The first-order chi connectivity index (χ1) is 18.2. The molecule has 6 heteroatoms. The summed E-state index contributed by atoms with van der Waals surface area (Å²) in [7, 11) is 0. The highest BCUT2D eigenvalue weighted by atomic mass is 16.6. The zero-order valence-corrected chi connectivity index (χ0v) is 25.6. The number of rotatable bonds is 8. The molecular formula is C33H52O6. The second kappa shape index (κ2) is 11.2. The number of hydrogen-bond donors (Lipinski definition) is 0. The number of fused-ring (bicyclic) bond motifs is 5. The zero-order valence-electron chi connectivity index (χ0n) is 25.6. The van der Waals surface area contributed by atoms with Crippen molar-refractivity contribution in [1.29, 1.82) is 0 Å². The molecule has 4 rings (SSSR count). The number of hydrogen-bond acceptors (Lipinski definition) is 6. The van der Waals surface area contributed by atoms with E-state index in [0.717, 1.165) is 49.9 Å². The van der Waals surface area contributed by atoms with Crippen LogP contribution in [0.5, 0.6) is 0 Å². The highest BCUT2D eigenvalue weighted by Gasteiger charge is 2.59. The van der Waals surface area contributed by atoms with Gasteiger partial charge in [-0.15, -0.1) is 0 Å². The smallest absolute Gasteiger partial charge is 0.303 e. The van der Waals surface area contributed by atoms with Crippen LogP contribution in [-0.2, 0) is 28.6 Å². The van der Waals surface area contributed by atoms with Crippen LogP contribution in [0.3, 0.4) is 0 Å². The van der Waals surface area contributed by atoms with Crippen molar-refractivity contribution in [1.82, 2.24) is 0 Å². The van der Waals surface area contributed by atoms with Crippen LogP contribution in [0, 0.1) is 40.4 Å². The van der Waals surface area contributed by atoms with Crippen molar-refractivity contribution in [3.05, 3.63) is 11.6 Å². The van der Waals surface area contributed by atoms with Gasteiger partial charge in [0, 0.05) is 27.2 Å². The summed E-state index contributed by atoms with van der Waals surface area (Å²) in [4.78, 5) is 35.1. The molecule has 4 aliphatic carbocycles. The van der Waals surface area contributed by atoms with E-state index >= 15 is 0 Å². The van der Waals surface area contributed by atoms with Crippen molar-refractivity contribution < 1.29 is 28.6 Å². The molecule has 0 aromatic carbocycles. The third-order valence-electron chi connectivity index (χ3n) is 11.5. The molecular weight excluding hydrogens is 492 g/mol. The first kappa shape index (κ1) is 30.1. The maximum Gasteiger partial charge on any atom is 0.303 e.